The van der Waals surface area contributed by atoms with E-state index in [0.29, 0.717) is 16.8 Å². The van der Waals surface area contributed by atoms with Gasteiger partial charge in [-0.1, -0.05) is 19.9 Å². The van der Waals surface area contributed by atoms with Crippen molar-refractivity contribution in [1.82, 2.24) is 24.4 Å². The molecule has 216 valence electrons. The van der Waals surface area contributed by atoms with Gasteiger partial charge in [-0.05, 0) is 49.6 Å². The van der Waals surface area contributed by atoms with Gasteiger partial charge in [0.05, 0.1) is 35.1 Å². The summed E-state index contributed by atoms with van der Waals surface area (Å²) in [5, 5.41) is 20.1. The second-order valence-corrected chi connectivity index (χ2v) is 10.5. The Morgan fingerprint density at radius 2 is 2.00 bits per heavy atom. The number of carboxylic acid groups (broad SMARTS) is 1. The molecule has 1 atom stereocenters. The molecule has 4 heterocycles. The first kappa shape index (κ1) is 28.5. The maximum Gasteiger partial charge on any atom is 0.407 e. The third-order valence-corrected chi connectivity index (χ3v) is 7.49. The highest BCUT2D eigenvalue weighted by molar-refractivity contribution is 5.93. The average molecular weight is 572 g/mol. The van der Waals surface area contributed by atoms with Gasteiger partial charge >= 0.3 is 11.8 Å². The lowest BCUT2D eigenvalue weighted by Gasteiger charge is -2.39. The number of piperazine rings is 1. The number of fused-ring (bicyclic) bond motifs is 1. The molecule has 42 heavy (non-hydrogen) atoms. The Kier molecular flexibility index (Phi) is 7.51. The number of carbonyl (C=O) groups is 1. The number of aryl methyl sites for hydroxylation is 1. The van der Waals surface area contributed by atoms with Gasteiger partial charge in [0.1, 0.15) is 11.9 Å². The van der Waals surface area contributed by atoms with Gasteiger partial charge in [0.25, 0.3) is 0 Å². The molecule has 0 saturated carbocycles. The number of benzene rings is 1. The fourth-order valence-corrected chi connectivity index (χ4v) is 5.47. The minimum Gasteiger partial charge on any atom is -0.493 e. The fourth-order valence-electron chi connectivity index (χ4n) is 5.47. The summed E-state index contributed by atoms with van der Waals surface area (Å²) < 4.78 is 21.5. The molecule has 5 rings (SSSR count). The molecule has 1 aliphatic heterocycles. The zero-order valence-electron chi connectivity index (χ0n) is 23.9. The van der Waals surface area contributed by atoms with Crippen LogP contribution in [0, 0.1) is 24.1 Å². The van der Waals surface area contributed by atoms with E-state index in [0.717, 1.165) is 5.56 Å². The van der Waals surface area contributed by atoms with Gasteiger partial charge < -0.3 is 19.6 Å². The van der Waals surface area contributed by atoms with E-state index in [2.05, 4.69) is 16.0 Å². The first-order valence-electron chi connectivity index (χ1n) is 13.5. The number of nitrogens with zero attached hydrogens (tertiary/aromatic N) is 7. The third kappa shape index (κ3) is 4.76. The van der Waals surface area contributed by atoms with Crippen molar-refractivity contribution in [3.8, 4) is 28.8 Å². The Morgan fingerprint density at radius 3 is 2.64 bits per heavy atom. The lowest BCUT2D eigenvalue weighted by Crippen LogP contribution is -2.54. The number of ether oxygens (including phenoxy) is 1. The van der Waals surface area contributed by atoms with Gasteiger partial charge in [-0.2, -0.15) is 10.2 Å². The molecular weight excluding hydrogens is 541 g/mol. The molecule has 0 radical (unpaired) electrons. The molecule has 3 aromatic heterocycles. The quantitative estimate of drug-likeness (QED) is 0.367. The molecule has 1 saturated heterocycles. The van der Waals surface area contributed by atoms with Crippen LogP contribution < -0.4 is 15.3 Å². The van der Waals surface area contributed by atoms with Crippen molar-refractivity contribution < 1.29 is 19.0 Å². The molecule has 0 aliphatic carbocycles. The summed E-state index contributed by atoms with van der Waals surface area (Å²) in [6.07, 6.45) is 0.655. The SMILES string of the molecule is COc1c(F)cccc1-c1nc2c(cc1C#N)c(N1CCN(C(=O)O)CC1C)nc(=O)n2-c1c(C)ccnc1C(C)C. The standard InChI is InChI=1S/C30H30FN7O4/c1-16(2)23-25(17(3)9-10-33-23)38-28-21(27(35-29(38)39)37-12-11-36(30(40)41)15-18(37)4)13-19(14-32)24(34-28)20-7-6-8-22(31)26(20)42-5/h6-10,13,16,18H,11-12,15H2,1-5H3,(H,40,41). The molecule has 1 aromatic carbocycles. The molecule has 4 aromatic rings. The monoisotopic (exact) mass is 571 g/mol. The van der Waals surface area contributed by atoms with Crippen LogP contribution in [0.2, 0.25) is 0 Å². The van der Waals surface area contributed by atoms with Crippen LogP contribution in [0.4, 0.5) is 15.0 Å². The largest absolute Gasteiger partial charge is 0.493 e. The van der Waals surface area contributed by atoms with Crippen LogP contribution in [-0.2, 0) is 0 Å². The van der Waals surface area contributed by atoms with Crippen molar-refractivity contribution in [2.24, 2.45) is 0 Å². The van der Waals surface area contributed by atoms with E-state index in [1.807, 2.05) is 32.6 Å². The topological polar surface area (TPSA) is 137 Å². The van der Waals surface area contributed by atoms with Gasteiger partial charge in [-0.3, -0.25) is 4.98 Å². The molecule has 1 amide bonds. The van der Waals surface area contributed by atoms with Crippen molar-refractivity contribution in [3.63, 3.8) is 0 Å². The molecule has 1 unspecified atom stereocenters. The Labute approximate surface area is 241 Å². The second kappa shape index (κ2) is 11.1. The maximum atomic E-state index is 14.8. The van der Waals surface area contributed by atoms with Crippen LogP contribution >= 0.6 is 0 Å². The Morgan fingerprint density at radius 1 is 1.24 bits per heavy atom. The van der Waals surface area contributed by atoms with Crippen molar-refractivity contribution in [2.75, 3.05) is 31.6 Å². The van der Waals surface area contributed by atoms with Gasteiger partial charge in [0.2, 0.25) is 0 Å². The number of methoxy groups -OCH3 is 1. The molecular formula is C30H30FN7O4. The molecule has 0 spiro atoms. The summed E-state index contributed by atoms with van der Waals surface area (Å²) in [6.45, 7) is 8.34. The number of anilines is 1. The summed E-state index contributed by atoms with van der Waals surface area (Å²) in [5.41, 5.74) is 2.07. The van der Waals surface area contributed by atoms with Gasteiger partial charge in [0, 0.05) is 37.4 Å². The summed E-state index contributed by atoms with van der Waals surface area (Å²) in [4.78, 5) is 42.7. The number of pyridine rings is 2. The summed E-state index contributed by atoms with van der Waals surface area (Å²) in [7, 11) is 1.33. The van der Waals surface area contributed by atoms with E-state index in [1.54, 1.807) is 24.4 Å². The third-order valence-electron chi connectivity index (χ3n) is 7.49. The van der Waals surface area contributed by atoms with Crippen LogP contribution in [0.15, 0.2) is 41.3 Å². The van der Waals surface area contributed by atoms with Crippen LogP contribution in [0.1, 0.15) is 43.5 Å². The summed E-state index contributed by atoms with van der Waals surface area (Å²) >= 11 is 0. The zero-order chi connectivity index (χ0) is 30.3. The predicted molar refractivity (Wildman–Crippen MR) is 155 cm³/mol. The van der Waals surface area contributed by atoms with Gasteiger partial charge in [0.15, 0.2) is 17.2 Å². The van der Waals surface area contributed by atoms with E-state index in [9.17, 15) is 24.3 Å². The Bertz CT molecular complexity index is 1810. The van der Waals surface area contributed by atoms with Gasteiger partial charge in [-0.25, -0.2) is 23.5 Å². The fraction of sp³-hybridized carbons (Fsp3) is 0.333. The molecule has 0 bridgehead atoms. The predicted octanol–water partition coefficient (Wildman–Crippen LogP) is 4.48. The van der Waals surface area contributed by atoms with E-state index in [-0.39, 0.29) is 65.6 Å². The van der Waals surface area contributed by atoms with Crippen LogP contribution in [0.3, 0.4) is 0 Å². The van der Waals surface area contributed by atoms with Crippen LogP contribution in [0.5, 0.6) is 5.75 Å². The lowest BCUT2D eigenvalue weighted by molar-refractivity contribution is 0.136. The van der Waals surface area contributed by atoms with Crippen molar-refractivity contribution in [1.29, 1.82) is 5.26 Å². The number of halogens is 1. The Balaban J connectivity index is 1.89. The molecule has 1 aliphatic rings. The number of rotatable bonds is 5. The van der Waals surface area contributed by atoms with E-state index < -0.39 is 17.6 Å². The van der Waals surface area contributed by atoms with Gasteiger partial charge in [-0.15, -0.1) is 0 Å². The number of hydrogen-bond donors (Lipinski definition) is 1. The zero-order valence-corrected chi connectivity index (χ0v) is 23.9. The van der Waals surface area contributed by atoms with Crippen molar-refractivity contribution >= 4 is 22.9 Å². The molecule has 12 heteroatoms. The first-order valence-corrected chi connectivity index (χ1v) is 13.5. The number of amides is 1. The highest BCUT2D eigenvalue weighted by atomic mass is 19.1. The van der Waals surface area contributed by atoms with Crippen molar-refractivity contribution in [3.05, 3.63) is 69.7 Å². The normalized spacial score (nSPS) is 15.2. The lowest BCUT2D eigenvalue weighted by atomic mass is 10.0. The number of nitriles is 1. The molecule has 11 nitrogen and oxygen atoms in total. The number of aromatic nitrogens is 4. The highest BCUT2D eigenvalue weighted by Crippen LogP contribution is 2.37. The van der Waals surface area contributed by atoms with Crippen LogP contribution in [0.25, 0.3) is 28.0 Å². The smallest absolute Gasteiger partial charge is 0.407 e. The summed E-state index contributed by atoms with van der Waals surface area (Å²) in [6, 6.07) is 9.58. The number of hydrogen-bond acceptors (Lipinski definition) is 8. The second-order valence-electron chi connectivity index (χ2n) is 10.5. The van der Waals surface area contributed by atoms with Crippen LogP contribution in [-0.4, -0.2) is 68.4 Å². The maximum absolute atomic E-state index is 14.8. The Hall–Kier alpha value is -5.05. The minimum absolute atomic E-state index is 0.0492. The summed E-state index contributed by atoms with van der Waals surface area (Å²) in [5.74, 6) is -0.461. The average Bonchev–Trinajstić information content (AvgIpc) is 2.96. The minimum atomic E-state index is -1.02. The van der Waals surface area contributed by atoms with E-state index in [4.69, 9.17) is 9.72 Å². The van der Waals surface area contributed by atoms with E-state index in [1.165, 1.54) is 28.7 Å². The van der Waals surface area contributed by atoms with E-state index >= 15 is 0 Å². The first-order chi connectivity index (χ1) is 20.1. The molecule has 1 N–H and O–H groups in total. The molecule has 1 fully saturated rings. The number of para-hydroxylation sites is 1. The highest BCUT2D eigenvalue weighted by Gasteiger charge is 2.31. The van der Waals surface area contributed by atoms with Crippen molar-refractivity contribution in [2.45, 2.75) is 39.7 Å².